The molecule has 142 valence electrons. The Labute approximate surface area is 163 Å². The highest BCUT2D eigenvalue weighted by atomic mass is 16.2. The van der Waals surface area contributed by atoms with Crippen LogP contribution < -0.4 is 5.32 Å². The van der Waals surface area contributed by atoms with Crippen LogP contribution in [0.3, 0.4) is 0 Å². The van der Waals surface area contributed by atoms with E-state index in [4.69, 9.17) is 0 Å². The number of unbranched alkanes of at least 4 members (excludes halogenated alkanes) is 1. The van der Waals surface area contributed by atoms with Crippen molar-refractivity contribution in [1.29, 1.82) is 0 Å². The molecule has 1 unspecified atom stereocenters. The molecule has 5 rings (SSSR count). The molecule has 2 heterocycles. The molecule has 27 heavy (non-hydrogen) atoms. The van der Waals surface area contributed by atoms with Crippen LogP contribution in [0.25, 0.3) is 0 Å². The summed E-state index contributed by atoms with van der Waals surface area (Å²) in [5, 5.41) is 13.5. The molecule has 2 aliphatic heterocycles. The van der Waals surface area contributed by atoms with Crippen molar-refractivity contribution in [3.63, 3.8) is 0 Å². The van der Waals surface area contributed by atoms with Gasteiger partial charge in [-0.05, 0) is 79.0 Å². The van der Waals surface area contributed by atoms with Crippen LogP contribution in [-0.4, -0.2) is 11.7 Å². The van der Waals surface area contributed by atoms with Crippen LogP contribution in [0, 0.1) is 5.92 Å². The Morgan fingerprint density at radius 1 is 0.926 bits per heavy atom. The number of hydrogen-bond donors (Lipinski definition) is 2. The highest BCUT2D eigenvalue weighted by Crippen LogP contribution is 2.66. The van der Waals surface area contributed by atoms with Crippen LogP contribution in [0.5, 0.6) is 0 Å². The van der Waals surface area contributed by atoms with E-state index in [1.165, 1.54) is 36.0 Å². The van der Waals surface area contributed by atoms with Crippen molar-refractivity contribution in [2.24, 2.45) is 5.92 Å². The van der Waals surface area contributed by atoms with Crippen LogP contribution >= 0.6 is 0 Å². The van der Waals surface area contributed by atoms with Gasteiger partial charge in [-0.3, -0.25) is 5.32 Å². The number of hydrogen-bond acceptors (Lipinski definition) is 2. The molecule has 4 atom stereocenters. The van der Waals surface area contributed by atoms with Gasteiger partial charge in [0.1, 0.15) is 0 Å². The molecule has 2 N–H and O–H groups in total. The Morgan fingerprint density at radius 3 is 2.22 bits per heavy atom. The maximum absolute atomic E-state index is 9.36. The van der Waals surface area contributed by atoms with Crippen molar-refractivity contribution in [3.05, 3.63) is 70.8 Å². The van der Waals surface area contributed by atoms with E-state index in [9.17, 15) is 5.11 Å². The zero-order valence-corrected chi connectivity index (χ0v) is 16.6. The van der Waals surface area contributed by atoms with Gasteiger partial charge in [-0.15, -0.1) is 0 Å². The van der Waals surface area contributed by atoms with Crippen molar-refractivity contribution in [2.75, 3.05) is 6.61 Å². The van der Waals surface area contributed by atoms with E-state index < -0.39 is 0 Å². The van der Waals surface area contributed by atoms with Crippen molar-refractivity contribution in [3.8, 4) is 0 Å². The molecule has 2 nitrogen and oxygen atoms in total. The quantitative estimate of drug-likeness (QED) is 0.736. The lowest BCUT2D eigenvalue weighted by Gasteiger charge is -2.40. The molecule has 2 aromatic rings. The fourth-order valence-corrected chi connectivity index (χ4v) is 6.54. The molecular weight excluding hydrogens is 330 g/mol. The first-order valence-corrected chi connectivity index (χ1v) is 10.7. The van der Waals surface area contributed by atoms with Gasteiger partial charge in [0.25, 0.3) is 0 Å². The minimum absolute atomic E-state index is 0.0373. The number of benzene rings is 2. The summed E-state index contributed by atoms with van der Waals surface area (Å²) in [6, 6.07) is 18.3. The van der Waals surface area contributed by atoms with Crippen LogP contribution in [-0.2, 0) is 16.5 Å². The van der Waals surface area contributed by atoms with Gasteiger partial charge in [0.2, 0.25) is 0 Å². The molecule has 0 aromatic heterocycles. The maximum atomic E-state index is 9.36. The Morgan fingerprint density at radius 2 is 1.56 bits per heavy atom. The van der Waals surface area contributed by atoms with E-state index in [-0.39, 0.29) is 11.1 Å². The van der Waals surface area contributed by atoms with Gasteiger partial charge in [-0.25, -0.2) is 0 Å². The van der Waals surface area contributed by atoms with Crippen LogP contribution in [0.15, 0.2) is 48.5 Å². The summed E-state index contributed by atoms with van der Waals surface area (Å²) in [4.78, 5) is 0. The summed E-state index contributed by atoms with van der Waals surface area (Å²) in [6.45, 7) is 5.06. The molecule has 0 spiro atoms. The lowest BCUT2D eigenvalue weighted by molar-refractivity contribution is 0.211. The summed E-state index contributed by atoms with van der Waals surface area (Å²) in [5.74, 6) is 0.751. The first kappa shape index (κ1) is 17.5. The van der Waals surface area contributed by atoms with E-state index in [2.05, 4.69) is 67.7 Å². The standard InChI is InChI=1S/C25H31NO/c1-3-24-16-18(24)17-25(14-8-9-15-27)22-13-7-5-11-20(22)23(2,26-25)19-10-4-6-12-21(19)24/h4-7,10-13,18,26-27H,3,8-9,14-17H2,1-2H3/t18-,23-,24-,25?/m1/s1. The van der Waals surface area contributed by atoms with Crippen molar-refractivity contribution in [2.45, 2.75) is 68.9 Å². The molecular formula is C25H31NO. The van der Waals surface area contributed by atoms with Gasteiger partial charge in [-0.2, -0.15) is 0 Å². The second-order valence-corrected chi connectivity index (χ2v) is 9.22. The maximum Gasteiger partial charge on any atom is 0.0675 e. The highest BCUT2D eigenvalue weighted by Gasteiger charge is 2.63. The molecule has 1 fully saturated rings. The molecule has 3 aliphatic rings. The number of aliphatic hydroxyl groups is 1. The van der Waals surface area contributed by atoms with Crippen molar-refractivity contribution >= 4 is 0 Å². The molecule has 2 aromatic carbocycles. The number of nitrogens with one attached hydrogen (secondary N) is 1. The third-order valence-electron chi connectivity index (χ3n) is 7.94. The summed E-state index contributed by atoms with van der Waals surface area (Å²) < 4.78 is 0. The highest BCUT2D eigenvalue weighted by molar-refractivity contribution is 5.57. The smallest absolute Gasteiger partial charge is 0.0675 e. The summed E-state index contributed by atoms with van der Waals surface area (Å²) >= 11 is 0. The third-order valence-corrected chi connectivity index (χ3v) is 7.94. The number of fused-ring (bicyclic) bond motifs is 9. The molecule has 2 heteroatoms. The zero-order chi connectivity index (χ0) is 18.7. The average molecular weight is 362 g/mol. The lowest BCUT2D eigenvalue weighted by atomic mass is 9.76. The monoisotopic (exact) mass is 361 g/mol. The minimum Gasteiger partial charge on any atom is -0.396 e. The van der Waals surface area contributed by atoms with E-state index in [0.29, 0.717) is 12.0 Å². The topological polar surface area (TPSA) is 32.3 Å². The summed E-state index contributed by atoms with van der Waals surface area (Å²) in [5.41, 5.74) is 6.27. The molecule has 1 aliphatic carbocycles. The molecule has 2 bridgehead atoms. The first-order valence-electron chi connectivity index (χ1n) is 10.7. The molecule has 0 saturated heterocycles. The SMILES string of the molecule is CC[C@@]12C[C@@H]1CC1(CCCCO)N[C@@](C)(c3ccccc31)c1ccccc12. The van der Waals surface area contributed by atoms with Gasteiger partial charge in [0, 0.05) is 12.1 Å². The Hall–Kier alpha value is -1.64. The van der Waals surface area contributed by atoms with Gasteiger partial charge in [0.05, 0.1) is 5.54 Å². The summed E-state index contributed by atoms with van der Waals surface area (Å²) in [6.07, 6.45) is 6.84. The fraction of sp³-hybridized carbons (Fsp3) is 0.520. The Bertz CT molecular complexity index is 876. The first-order chi connectivity index (χ1) is 13.1. The van der Waals surface area contributed by atoms with Gasteiger partial charge in [0.15, 0.2) is 0 Å². The van der Waals surface area contributed by atoms with E-state index in [0.717, 1.165) is 25.2 Å². The van der Waals surface area contributed by atoms with E-state index in [1.54, 1.807) is 5.56 Å². The largest absolute Gasteiger partial charge is 0.396 e. The number of rotatable bonds is 5. The van der Waals surface area contributed by atoms with Gasteiger partial charge < -0.3 is 5.11 Å². The van der Waals surface area contributed by atoms with Crippen LogP contribution in [0.1, 0.15) is 74.6 Å². The van der Waals surface area contributed by atoms with Crippen LogP contribution in [0.4, 0.5) is 0 Å². The molecule has 1 saturated carbocycles. The second kappa shape index (κ2) is 5.93. The average Bonchev–Trinajstić information content (AvgIpc) is 3.33. The van der Waals surface area contributed by atoms with Crippen molar-refractivity contribution < 1.29 is 5.11 Å². The second-order valence-electron chi connectivity index (χ2n) is 9.22. The minimum atomic E-state index is -0.137. The predicted octanol–water partition coefficient (Wildman–Crippen LogP) is 4.98. The Balaban J connectivity index is 1.73. The normalized spacial score (nSPS) is 35.6. The van der Waals surface area contributed by atoms with Crippen LogP contribution in [0.2, 0.25) is 0 Å². The van der Waals surface area contributed by atoms with Gasteiger partial charge in [-0.1, -0.05) is 55.5 Å². The zero-order valence-electron chi connectivity index (χ0n) is 16.6. The van der Waals surface area contributed by atoms with Crippen molar-refractivity contribution in [1.82, 2.24) is 5.32 Å². The molecule has 0 radical (unpaired) electrons. The van der Waals surface area contributed by atoms with E-state index in [1.807, 2.05) is 0 Å². The fourth-order valence-electron chi connectivity index (χ4n) is 6.54. The van der Waals surface area contributed by atoms with E-state index >= 15 is 0 Å². The Kier molecular flexibility index (Phi) is 3.83. The third kappa shape index (κ3) is 2.26. The number of aliphatic hydroxyl groups excluding tert-OH is 1. The molecule has 0 amide bonds. The lowest BCUT2D eigenvalue weighted by Crippen LogP contribution is -2.49. The van der Waals surface area contributed by atoms with Gasteiger partial charge >= 0.3 is 0 Å². The summed E-state index contributed by atoms with van der Waals surface area (Å²) in [7, 11) is 0. The predicted molar refractivity (Wildman–Crippen MR) is 110 cm³/mol.